The minimum Gasteiger partial charge on any atom is -0.423 e. The molecule has 0 fully saturated rings. The molecule has 1 aliphatic rings. The fourth-order valence-corrected chi connectivity index (χ4v) is 1.27. The van der Waals surface area contributed by atoms with Gasteiger partial charge in [0.15, 0.2) is 0 Å². The topological polar surface area (TPSA) is 51.8 Å². The maximum atomic E-state index is 10.7. The Morgan fingerprint density at radius 1 is 1.12 bits per heavy atom. The van der Waals surface area contributed by atoms with E-state index < -0.39 is 0 Å². The molecule has 2 aromatic rings. The third-order valence-electron chi connectivity index (χ3n) is 2.02. The first-order chi connectivity index (χ1) is 7.86. The van der Waals surface area contributed by atoms with Crippen LogP contribution in [-0.2, 0) is 4.84 Å². The van der Waals surface area contributed by atoms with Gasteiger partial charge >= 0.3 is 5.63 Å². The lowest BCUT2D eigenvalue weighted by Crippen LogP contribution is -1.93. The van der Waals surface area contributed by atoms with Crippen LogP contribution >= 0.6 is 0 Å². The molecule has 0 bridgehead atoms. The van der Waals surface area contributed by atoms with Crippen molar-refractivity contribution in [2.45, 2.75) is 6.42 Å². The summed E-state index contributed by atoms with van der Waals surface area (Å²) in [5.74, 6) is 0. The van der Waals surface area contributed by atoms with Crippen LogP contribution in [0, 0.1) is 0 Å². The first-order valence-corrected chi connectivity index (χ1v) is 4.99. The van der Waals surface area contributed by atoms with Gasteiger partial charge in [-0.15, -0.1) is 0 Å². The molecule has 82 valence electrons. The molecular formula is C12H11NO3. The summed E-state index contributed by atoms with van der Waals surface area (Å²) in [6.45, 7) is 0.778. The van der Waals surface area contributed by atoms with E-state index in [9.17, 15) is 4.79 Å². The van der Waals surface area contributed by atoms with Crippen LogP contribution in [0.1, 0.15) is 6.42 Å². The van der Waals surface area contributed by atoms with Gasteiger partial charge in [-0.05, 0) is 12.1 Å². The summed E-state index contributed by atoms with van der Waals surface area (Å²) >= 11 is 0. The van der Waals surface area contributed by atoms with Crippen molar-refractivity contribution in [2.75, 3.05) is 6.61 Å². The van der Waals surface area contributed by atoms with Crippen molar-refractivity contribution in [3.8, 4) is 0 Å². The monoisotopic (exact) mass is 217 g/mol. The summed E-state index contributed by atoms with van der Waals surface area (Å²) in [6, 6.07) is 10.6. The standard InChI is InChI=1S/C9H6O2.C3H5NO/c10-9-6-5-7-3-1-2-4-8(7)11-9;1-2-4-5-3-1/h1-6H;2H,1,3H2. The molecule has 0 atom stereocenters. The van der Waals surface area contributed by atoms with Crippen molar-refractivity contribution in [3.05, 3.63) is 46.8 Å². The van der Waals surface area contributed by atoms with E-state index in [1.807, 2.05) is 18.2 Å². The number of nitrogens with zero attached hydrogens (tertiary/aromatic N) is 1. The molecule has 4 nitrogen and oxygen atoms in total. The number of rotatable bonds is 0. The van der Waals surface area contributed by atoms with E-state index in [1.54, 1.807) is 18.3 Å². The summed E-state index contributed by atoms with van der Waals surface area (Å²) in [6.07, 6.45) is 2.75. The van der Waals surface area contributed by atoms with Gasteiger partial charge in [0, 0.05) is 24.1 Å². The number of benzene rings is 1. The zero-order valence-electron chi connectivity index (χ0n) is 8.63. The Bertz CT molecular complexity index is 539. The molecule has 0 spiro atoms. The minimum atomic E-state index is -0.302. The fourth-order valence-electron chi connectivity index (χ4n) is 1.27. The van der Waals surface area contributed by atoms with Crippen LogP contribution in [0.15, 0.2) is 50.8 Å². The van der Waals surface area contributed by atoms with Gasteiger partial charge in [0.05, 0.1) is 0 Å². The van der Waals surface area contributed by atoms with Crippen LogP contribution in [0.5, 0.6) is 0 Å². The lowest BCUT2D eigenvalue weighted by atomic mass is 10.2. The molecule has 0 N–H and O–H groups in total. The number of fused-ring (bicyclic) bond motifs is 1. The van der Waals surface area contributed by atoms with Gasteiger partial charge in [0.25, 0.3) is 0 Å². The average molecular weight is 217 g/mol. The summed E-state index contributed by atoms with van der Waals surface area (Å²) < 4.78 is 4.91. The SMILES string of the molecule is C1=NOCC1.O=c1ccc2ccccc2o1. The van der Waals surface area contributed by atoms with Crippen molar-refractivity contribution in [3.63, 3.8) is 0 Å². The summed E-state index contributed by atoms with van der Waals surface area (Å²) in [7, 11) is 0. The lowest BCUT2D eigenvalue weighted by Gasteiger charge is -1.91. The molecule has 0 amide bonds. The molecular weight excluding hydrogens is 206 g/mol. The molecule has 0 aliphatic carbocycles. The minimum absolute atomic E-state index is 0.302. The molecule has 1 aromatic carbocycles. The molecule has 0 radical (unpaired) electrons. The highest BCUT2D eigenvalue weighted by Crippen LogP contribution is 2.08. The normalized spacial score (nSPS) is 13.0. The Morgan fingerprint density at radius 3 is 2.69 bits per heavy atom. The Labute approximate surface area is 92.1 Å². The van der Waals surface area contributed by atoms with Gasteiger partial charge in [-0.3, -0.25) is 0 Å². The van der Waals surface area contributed by atoms with Crippen LogP contribution in [0.25, 0.3) is 11.0 Å². The van der Waals surface area contributed by atoms with Crippen LogP contribution in [0.3, 0.4) is 0 Å². The van der Waals surface area contributed by atoms with E-state index in [4.69, 9.17) is 4.42 Å². The molecule has 0 saturated carbocycles. The molecule has 0 saturated heterocycles. The molecule has 0 unspecified atom stereocenters. The molecule has 1 aliphatic heterocycles. The first kappa shape index (κ1) is 10.4. The third kappa shape index (κ3) is 2.70. The second-order valence-corrected chi connectivity index (χ2v) is 3.20. The van der Waals surface area contributed by atoms with Crippen molar-refractivity contribution in [1.82, 2.24) is 0 Å². The van der Waals surface area contributed by atoms with Crippen molar-refractivity contribution < 1.29 is 9.25 Å². The molecule has 3 rings (SSSR count). The summed E-state index contributed by atoms with van der Waals surface area (Å²) in [5.41, 5.74) is 0.337. The van der Waals surface area contributed by atoms with Gasteiger partial charge in [0.2, 0.25) is 0 Å². The second kappa shape index (κ2) is 5.11. The maximum Gasteiger partial charge on any atom is 0.336 e. The number of para-hydroxylation sites is 1. The smallest absolute Gasteiger partial charge is 0.336 e. The van der Waals surface area contributed by atoms with Crippen LogP contribution in [0.2, 0.25) is 0 Å². The molecule has 2 heterocycles. The van der Waals surface area contributed by atoms with Crippen molar-refractivity contribution in [2.24, 2.45) is 5.16 Å². The third-order valence-corrected chi connectivity index (χ3v) is 2.02. The van der Waals surface area contributed by atoms with Gasteiger partial charge in [0.1, 0.15) is 12.2 Å². The number of oxime groups is 1. The zero-order valence-corrected chi connectivity index (χ0v) is 8.63. The predicted molar refractivity (Wildman–Crippen MR) is 61.5 cm³/mol. The van der Waals surface area contributed by atoms with Crippen LogP contribution in [0.4, 0.5) is 0 Å². The van der Waals surface area contributed by atoms with Gasteiger partial charge in [-0.2, -0.15) is 0 Å². The predicted octanol–water partition coefficient (Wildman–Crippen LogP) is 2.19. The summed E-state index contributed by atoms with van der Waals surface area (Å²) in [4.78, 5) is 15.2. The highest BCUT2D eigenvalue weighted by molar-refractivity contribution is 5.75. The van der Waals surface area contributed by atoms with E-state index in [2.05, 4.69) is 9.99 Å². The van der Waals surface area contributed by atoms with E-state index in [0.717, 1.165) is 18.4 Å². The average Bonchev–Trinajstić information content (AvgIpc) is 2.87. The highest BCUT2D eigenvalue weighted by Gasteiger charge is 1.92. The quantitative estimate of drug-likeness (QED) is 0.635. The van der Waals surface area contributed by atoms with Gasteiger partial charge in [-0.25, -0.2) is 4.79 Å². The number of hydrogen-bond acceptors (Lipinski definition) is 4. The zero-order chi connectivity index (χ0) is 11.2. The Morgan fingerprint density at radius 2 is 2.00 bits per heavy atom. The van der Waals surface area contributed by atoms with E-state index in [-0.39, 0.29) is 5.63 Å². The second-order valence-electron chi connectivity index (χ2n) is 3.20. The van der Waals surface area contributed by atoms with E-state index in [1.165, 1.54) is 6.07 Å². The summed E-state index contributed by atoms with van der Waals surface area (Å²) in [5, 5.41) is 4.41. The fraction of sp³-hybridized carbons (Fsp3) is 0.167. The van der Waals surface area contributed by atoms with Gasteiger partial charge in [-0.1, -0.05) is 23.4 Å². The Hall–Kier alpha value is -2.10. The van der Waals surface area contributed by atoms with Gasteiger partial charge < -0.3 is 9.25 Å². The van der Waals surface area contributed by atoms with Crippen molar-refractivity contribution in [1.29, 1.82) is 0 Å². The maximum absolute atomic E-state index is 10.7. The Kier molecular flexibility index (Phi) is 3.33. The van der Waals surface area contributed by atoms with Crippen molar-refractivity contribution >= 4 is 17.2 Å². The molecule has 1 aromatic heterocycles. The van der Waals surface area contributed by atoms with Crippen LogP contribution in [-0.4, -0.2) is 12.8 Å². The Balaban J connectivity index is 0.000000162. The number of hydrogen-bond donors (Lipinski definition) is 0. The largest absolute Gasteiger partial charge is 0.423 e. The van der Waals surface area contributed by atoms with E-state index >= 15 is 0 Å². The van der Waals surface area contributed by atoms with E-state index in [0.29, 0.717) is 5.58 Å². The lowest BCUT2D eigenvalue weighted by molar-refractivity contribution is 0.174. The highest BCUT2D eigenvalue weighted by atomic mass is 16.6. The molecule has 4 heteroatoms. The first-order valence-electron chi connectivity index (χ1n) is 4.99. The molecule has 16 heavy (non-hydrogen) atoms. The van der Waals surface area contributed by atoms with Crippen LogP contribution < -0.4 is 5.63 Å².